The molecule has 1 aliphatic heterocycles. The number of aliphatic carboxylic acids is 1. The third kappa shape index (κ3) is 14.8. The number of nitrogens with zero attached hydrogens (tertiary/aromatic N) is 2. The highest BCUT2D eigenvalue weighted by Crippen LogP contribution is 2.43. The topological polar surface area (TPSA) is 234 Å². The Morgan fingerprint density at radius 2 is 1.69 bits per heavy atom. The Hall–Kier alpha value is -4.55. The second-order valence-corrected chi connectivity index (χ2v) is 20.7. The van der Waals surface area contributed by atoms with Crippen LogP contribution in [-0.4, -0.2) is 91.1 Å². The Bertz CT molecular complexity index is 2380. The van der Waals surface area contributed by atoms with Crippen molar-refractivity contribution in [2.75, 3.05) is 42.8 Å². The van der Waals surface area contributed by atoms with Gasteiger partial charge in [0.05, 0.1) is 64.5 Å². The normalized spacial score (nSPS) is 16.4. The van der Waals surface area contributed by atoms with Crippen LogP contribution in [0.2, 0.25) is 5.02 Å². The minimum absolute atomic E-state index is 0.0233. The third-order valence-electron chi connectivity index (χ3n) is 8.50. The number of nitrogens with one attached hydrogen (secondary N) is 1. The number of benzene rings is 2. The maximum absolute atomic E-state index is 14.4. The number of alkyl halides is 3. The lowest BCUT2D eigenvalue weighted by molar-refractivity contribution is -0.193. The van der Waals surface area contributed by atoms with E-state index >= 15 is 0 Å². The fraction of sp³-hybridized carbons (Fsp3) is 0.410. The highest BCUT2D eigenvalue weighted by molar-refractivity contribution is 7.94. The van der Waals surface area contributed by atoms with Gasteiger partial charge in [-0.3, -0.25) is 24.5 Å². The van der Waals surface area contributed by atoms with Crippen LogP contribution >= 0.6 is 19.2 Å². The summed E-state index contributed by atoms with van der Waals surface area (Å²) in [6, 6.07) is 4.32. The summed E-state index contributed by atoms with van der Waals surface area (Å²) >= 11 is 5.97. The monoisotopic (exact) mass is 951 g/mol. The molecule has 0 bridgehead atoms. The van der Waals surface area contributed by atoms with E-state index in [0.29, 0.717) is 52.8 Å². The molecular formula is C39H43ClF4N3O12PS2. The summed E-state index contributed by atoms with van der Waals surface area (Å²) < 4.78 is 97.1. The first kappa shape index (κ1) is 51.8. The van der Waals surface area contributed by atoms with Crippen LogP contribution in [-0.2, 0) is 45.9 Å². The van der Waals surface area contributed by atoms with Gasteiger partial charge in [-0.25, -0.2) is 17.7 Å². The van der Waals surface area contributed by atoms with Crippen LogP contribution in [0.4, 0.5) is 23.2 Å². The third-order valence-corrected chi connectivity index (χ3v) is 10.6. The first-order chi connectivity index (χ1) is 28.7. The predicted octanol–water partition coefficient (Wildman–Crippen LogP) is 5.49. The van der Waals surface area contributed by atoms with Crippen molar-refractivity contribution in [1.29, 1.82) is 0 Å². The number of carbonyl (C=O) groups is 4. The summed E-state index contributed by atoms with van der Waals surface area (Å²) in [5.41, 5.74) is -0.562. The van der Waals surface area contributed by atoms with Crippen LogP contribution in [0, 0.1) is 18.2 Å². The van der Waals surface area contributed by atoms with E-state index in [9.17, 15) is 54.6 Å². The van der Waals surface area contributed by atoms with Crippen molar-refractivity contribution in [2.24, 2.45) is 0 Å². The Morgan fingerprint density at radius 3 is 2.16 bits per heavy atom. The van der Waals surface area contributed by atoms with E-state index in [4.69, 9.17) is 37.3 Å². The second kappa shape index (κ2) is 21.7. The maximum atomic E-state index is 14.4. The Morgan fingerprint density at radius 1 is 1.13 bits per heavy atom. The zero-order chi connectivity index (χ0) is 46.9. The molecule has 2 heterocycles. The molecular weight excluding hydrogens is 909 g/mol. The van der Waals surface area contributed by atoms with E-state index in [1.807, 2.05) is 5.32 Å². The van der Waals surface area contributed by atoms with Gasteiger partial charge in [-0.05, 0) is 80.6 Å². The predicted molar refractivity (Wildman–Crippen MR) is 220 cm³/mol. The van der Waals surface area contributed by atoms with Gasteiger partial charge >= 0.3 is 12.1 Å². The Balaban J connectivity index is 0.000000255. The van der Waals surface area contributed by atoms with Crippen LogP contribution in [0.25, 0.3) is 0 Å². The number of halogens is 5. The standard InChI is InChI=1S/C18H15ClFNO3.C15H12F3NO4S.C3H8NO5P.C3H9S/c1-3-10(2)24-16-9-15(14(20)8-13(16)19)21-17(22)11-6-4-5-7-12(11)18(21)23;1-24(21,22)12-6-9(15(16,17)18)4-5-10(12)13(20)11-7-19-23-14(11)8-2-3-8;5-3(6)1-4-2-10(7,8)9;1-4(2)3/h1,8-10H,4-7H2,2H3;4-8H,2-3H2,1H3;4H,1-2H2,(H,5,6)(H2,7,8,9);1-3H3/q;;;+1/p-1. The molecule has 2 aliphatic carbocycles. The second-order valence-electron chi connectivity index (χ2n) is 14.3. The lowest BCUT2D eigenvalue weighted by Crippen LogP contribution is -2.32. The van der Waals surface area contributed by atoms with Gasteiger partial charge in [-0.2, -0.15) is 13.2 Å². The van der Waals surface area contributed by atoms with E-state index in [1.165, 1.54) is 12.3 Å². The summed E-state index contributed by atoms with van der Waals surface area (Å²) in [5, 5.41) is 13.6. The fourth-order valence-corrected chi connectivity index (χ4v) is 7.15. The zero-order valence-corrected chi connectivity index (χ0v) is 37.2. The van der Waals surface area contributed by atoms with Crippen molar-refractivity contribution in [3.63, 3.8) is 0 Å². The van der Waals surface area contributed by atoms with Crippen LogP contribution < -0.4 is 19.8 Å². The quantitative estimate of drug-likeness (QED) is 0.0539. The number of amides is 2. The SMILES string of the molecule is C#CC(C)Oc1cc(N2C(=O)C3=C(CCCC3)C2=O)c(F)cc1Cl.CS(=O)(=O)c1cc(C(F)(F)F)ccc1C(=O)c1cnoc1C1CC1.C[S+](C)C.O=C(O)CNCP(=O)([O-])O. The number of ketones is 1. The molecule has 3 N–H and O–H groups in total. The molecule has 338 valence electrons. The molecule has 62 heavy (non-hydrogen) atoms. The van der Waals surface area contributed by atoms with Crippen LogP contribution in [0.5, 0.6) is 5.75 Å². The van der Waals surface area contributed by atoms with Crippen molar-refractivity contribution in [2.45, 2.75) is 68.5 Å². The molecule has 2 amide bonds. The van der Waals surface area contributed by atoms with E-state index in [1.54, 1.807) is 6.92 Å². The Kier molecular flexibility index (Phi) is 18.1. The van der Waals surface area contributed by atoms with Crippen molar-refractivity contribution >= 4 is 69.2 Å². The van der Waals surface area contributed by atoms with Crippen LogP contribution in [0.1, 0.15) is 78.6 Å². The van der Waals surface area contributed by atoms with Crippen molar-refractivity contribution in [1.82, 2.24) is 10.5 Å². The average Bonchev–Trinajstić information content (AvgIpc) is 3.83. The highest BCUT2D eigenvalue weighted by Gasteiger charge is 2.41. The van der Waals surface area contributed by atoms with Gasteiger partial charge < -0.3 is 28.7 Å². The lowest BCUT2D eigenvalue weighted by atomic mass is 9.93. The molecule has 1 saturated carbocycles. The van der Waals surface area contributed by atoms with Crippen molar-refractivity contribution < 1.29 is 73.9 Å². The number of imide groups is 1. The highest BCUT2D eigenvalue weighted by atomic mass is 35.5. The minimum Gasteiger partial charge on any atom is -0.778 e. The van der Waals surface area contributed by atoms with E-state index in [2.05, 4.69) is 29.8 Å². The number of sulfone groups is 1. The molecule has 15 nitrogen and oxygen atoms in total. The maximum Gasteiger partial charge on any atom is 0.416 e. The van der Waals surface area contributed by atoms with E-state index in [-0.39, 0.29) is 33.5 Å². The van der Waals surface area contributed by atoms with E-state index in [0.717, 1.165) is 49.0 Å². The molecule has 0 spiro atoms. The van der Waals surface area contributed by atoms with Gasteiger partial charge in [-0.1, -0.05) is 22.7 Å². The molecule has 6 rings (SSSR count). The number of ether oxygens (including phenoxy) is 1. The number of rotatable bonds is 11. The molecule has 2 atom stereocenters. The largest absolute Gasteiger partial charge is 0.778 e. The number of anilines is 1. The lowest BCUT2D eigenvalue weighted by Gasteiger charge is -2.19. The number of hydrogen-bond donors (Lipinski definition) is 3. The first-order valence-corrected chi connectivity index (χ1v) is 24.7. The summed E-state index contributed by atoms with van der Waals surface area (Å²) in [4.78, 5) is 65.7. The van der Waals surface area contributed by atoms with Gasteiger partial charge in [0.15, 0.2) is 27.5 Å². The number of carboxylic acid groups (broad SMARTS) is 1. The molecule has 2 unspecified atom stereocenters. The number of aromatic nitrogens is 1. The molecule has 3 aromatic rings. The number of terminal acetylenes is 1. The number of carbonyl (C=O) groups excluding carboxylic acids is 3. The first-order valence-electron chi connectivity index (χ1n) is 18.3. The molecule has 3 aliphatic rings. The summed E-state index contributed by atoms with van der Waals surface area (Å²) in [5.74, 6) is -0.690. The molecule has 0 radical (unpaired) electrons. The summed E-state index contributed by atoms with van der Waals surface area (Å²) in [6.07, 6.45) is 12.2. The zero-order valence-electron chi connectivity index (χ0n) is 33.9. The molecule has 23 heteroatoms. The minimum atomic E-state index is -4.71. The van der Waals surface area contributed by atoms with Gasteiger partial charge in [-0.15, -0.1) is 6.42 Å². The number of carboxylic acids is 1. The van der Waals surface area contributed by atoms with Gasteiger partial charge in [0.2, 0.25) is 0 Å². The van der Waals surface area contributed by atoms with Crippen molar-refractivity contribution in [3.8, 4) is 18.1 Å². The summed E-state index contributed by atoms with van der Waals surface area (Å²) in [6.45, 7) is 1.15. The molecule has 1 aromatic heterocycles. The molecule has 2 aromatic carbocycles. The molecule has 0 saturated heterocycles. The van der Waals surface area contributed by atoms with Gasteiger partial charge in [0, 0.05) is 34.9 Å². The van der Waals surface area contributed by atoms with Crippen molar-refractivity contribution in [3.05, 3.63) is 81.0 Å². The average molecular weight is 952 g/mol. The van der Waals surface area contributed by atoms with Crippen LogP contribution in [0.15, 0.2) is 57.1 Å². The van der Waals surface area contributed by atoms with E-state index < -0.39 is 82.4 Å². The number of hydrogen-bond acceptors (Lipinski definition) is 12. The Labute approximate surface area is 362 Å². The summed E-state index contributed by atoms with van der Waals surface area (Å²) in [7, 11) is -7.75. The molecule has 1 fully saturated rings. The van der Waals surface area contributed by atoms with Gasteiger partial charge in [0.25, 0.3) is 11.8 Å². The smallest absolute Gasteiger partial charge is 0.416 e. The van der Waals surface area contributed by atoms with Gasteiger partial charge in [0.1, 0.15) is 19.2 Å². The fourth-order valence-electron chi connectivity index (χ4n) is 5.66. The van der Waals surface area contributed by atoms with Crippen LogP contribution in [0.3, 0.4) is 0 Å².